The summed E-state index contributed by atoms with van der Waals surface area (Å²) in [6, 6.07) is 6.41. The number of sulfonamides is 1. The van der Waals surface area contributed by atoms with E-state index in [9.17, 15) is 17.6 Å². The maximum Gasteiger partial charge on any atom is 0.338 e. The van der Waals surface area contributed by atoms with Crippen LogP contribution in [0, 0.1) is 5.82 Å². The number of benzene rings is 2. The molecule has 0 aliphatic carbocycles. The van der Waals surface area contributed by atoms with Crippen molar-refractivity contribution in [3.05, 3.63) is 52.3 Å². The molecule has 1 aliphatic rings. The van der Waals surface area contributed by atoms with Crippen molar-refractivity contribution in [1.29, 1.82) is 0 Å². The van der Waals surface area contributed by atoms with E-state index in [1.165, 1.54) is 7.11 Å². The molecule has 2 aromatic carbocycles. The number of nitrogens with zero attached hydrogens (tertiary/aromatic N) is 1. The van der Waals surface area contributed by atoms with Crippen LogP contribution >= 0.6 is 11.6 Å². The summed E-state index contributed by atoms with van der Waals surface area (Å²) in [4.78, 5) is 10.6. The number of anilines is 1. The second-order valence-corrected chi connectivity index (χ2v) is 7.63. The minimum absolute atomic E-state index is 0.168. The lowest BCUT2D eigenvalue weighted by atomic mass is 10.1. The Morgan fingerprint density at radius 3 is 2.68 bits per heavy atom. The molecule has 6 nitrogen and oxygen atoms in total. The van der Waals surface area contributed by atoms with Gasteiger partial charge < -0.3 is 9.84 Å². The molecule has 0 bridgehead atoms. The molecule has 0 atom stereocenters. The molecule has 0 amide bonds. The van der Waals surface area contributed by atoms with E-state index >= 15 is 0 Å². The van der Waals surface area contributed by atoms with E-state index in [-0.39, 0.29) is 11.6 Å². The summed E-state index contributed by atoms with van der Waals surface area (Å²) in [5, 5.41) is 8.65. The van der Waals surface area contributed by atoms with Crippen molar-refractivity contribution in [2.45, 2.75) is 11.3 Å². The van der Waals surface area contributed by atoms with Crippen LogP contribution in [0.4, 0.5) is 10.1 Å². The third kappa shape index (κ3) is 2.91. The van der Waals surface area contributed by atoms with Gasteiger partial charge in [0.25, 0.3) is 10.0 Å². The summed E-state index contributed by atoms with van der Waals surface area (Å²) >= 11 is 5.89. The average Bonchev–Trinajstić information content (AvgIpc) is 2.97. The van der Waals surface area contributed by atoms with E-state index in [4.69, 9.17) is 21.4 Å². The number of halogens is 2. The van der Waals surface area contributed by atoms with E-state index in [2.05, 4.69) is 0 Å². The van der Waals surface area contributed by atoms with Crippen LogP contribution in [-0.4, -0.2) is 33.1 Å². The number of fused-ring (bicyclic) bond motifs is 1. The lowest BCUT2D eigenvalue weighted by Crippen LogP contribution is -2.29. The Balaban J connectivity index is 2.11. The van der Waals surface area contributed by atoms with Crippen molar-refractivity contribution in [1.82, 2.24) is 0 Å². The molecule has 0 spiro atoms. The third-order valence-electron chi connectivity index (χ3n) is 3.96. The highest BCUT2D eigenvalue weighted by molar-refractivity contribution is 7.93. The van der Waals surface area contributed by atoms with Crippen molar-refractivity contribution in [2.24, 2.45) is 0 Å². The molecule has 0 radical (unpaired) electrons. The maximum atomic E-state index is 13.7. The molecule has 1 heterocycles. The number of aromatic carboxylic acids is 1. The van der Waals surface area contributed by atoms with Crippen LogP contribution in [0.25, 0.3) is 0 Å². The number of rotatable bonds is 4. The molecular weight excluding hydrogens is 373 g/mol. The standard InChI is InChI=1S/C16H13ClFNO5S/c1-24-10-2-3-14-9(6-10)4-5-19(14)25(22,23)15-7-11(16(20)21)13(18)8-12(15)17/h2-3,6-8H,4-5H2,1H3,(H,20,21). The van der Waals surface area contributed by atoms with Gasteiger partial charge >= 0.3 is 5.97 Å². The first-order valence-electron chi connectivity index (χ1n) is 7.17. The van der Waals surface area contributed by atoms with Crippen LogP contribution in [0.3, 0.4) is 0 Å². The molecule has 1 aliphatic heterocycles. The molecule has 0 saturated carbocycles. The van der Waals surface area contributed by atoms with Gasteiger partial charge in [-0.05, 0) is 42.3 Å². The SMILES string of the molecule is COc1ccc2c(c1)CCN2S(=O)(=O)c1cc(C(=O)O)c(F)cc1Cl. The Morgan fingerprint density at radius 2 is 2.04 bits per heavy atom. The van der Waals surface area contributed by atoms with E-state index in [1.807, 2.05) is 0 Å². The Morgan fingerprint density at radius 1 is 1.32 bits per heavy atom. The number of carboxylic acid groups (broad SMARTS) is 1. The van der Waals surface area contributed by atoms with E-state index < -0.39 is 32.3 Å². The lowest BCUT2D eigenvalue weighted by molar-refractivity contribution is 0.0691. The minimum atomic E-state index is -4.14. The fourth-order valence-corrected chi connectivity index (χ4v) is 4.76. The highest BCUT2D eigenvalue weighted by Crippen LogP contribution is 2.37. The summed E-state index contributed by atoms with van der Waals surface area (Å²) in [7, 11) is -2.63. The monoisotopic (exact) mass is 385 g/mol. The number of carboxylic acids is 1. The molecule has 25 heavy (non-hydrogen) atoms. The average molecular weight is 386 g/mol. The van der Waals surface area contributed by atoms with Gasteiger partial charge in [-0.2, -0.15) is 0 Å². The number of hydrogen-bond acceptors (Lipinski definition) is 4. The quantitative estimate of drug-likeness (QED) is 0.874. The first kappa shape index (κ1) is 17.5. The fourth-order valence-electron chi connectivity index (χ4n) is 2.73. The van der Waals surface area contributed by atoms with Gasteiger partial charge in [0.15, 0.2) is 0 Å². The molecule has 0 aromatic heterocycles. The summed E-state index contributed by atoms with van der Waals surface area (Å²) in [6.45, 7) is 0.168. The molecule has 132 valence electrons. The summed E-state index contributed by atoms with van der Waals surface area (Å²) < 4.78 is 45.8. The van der Waals surface area contributed by atoms with E-state index in [0.717, 1.165) is 15.9 Å². The van der Waals surface area contributed by atoms with Crippen LogP contribution in [0.15, 0.2) is 35.2 Å². The van der Waals surface area contributed by atoms with Gasteiger partial charge in [0.2, 0.25) is 0 Å². The highest BCUT2D eigenvalue weighted by atomic mass is 35.5. The number of ether oxygens (including phenoxy) is 1. The second kappa shape index (κ2) is 6.20. The van der Waals surface area contributed by atoms with Crippen molar-refractivity contribution in [3.63, 3.8) is 0 Å². The van der Waals surface area contributed by atoms with Crippen LogP contribution in [0.2, 0.25) is 5.02 Å². The van der Waals surface area contributed by atoms with Crippen molar-refractivity contribution >= 4 is 33.3 Å². The topological polar surface area (TPSA) is 83.9 Å². The molecule has 0 unspecified atom stereocenters. The largest absolute Gasteiger partial charge is 0.497 e. The third-order valence-corrected chi connectivity index (χ3v) is 6.24. The maximum absolute atomic E-state index is 13.7. The van der Waals surface area contributed by atoms with Crippen LogP contribution in [0.5, 0.6) is 5.75 Å². The van der Waals surface area contributed by atoms with Crippen LogP contribution in [0.1, 0.15) is 15.9 Å². The van der Waals surface area contributed by atoms with Crippen molar-refractivity contribution < 1.29 is 27.4 Å². The molecule has 0 saturated heterocycles. The normalized spacial score (nSPS) is 13.6. The molecule has 1 N–H and O–H groups in total. The molecule has 0 fully saturated rings. The van der Waals surface area contributed by atoms with Gasteiger partial charge in [0, 0.05) is 6.54 Å². The summed E-state index contributed by atoms with van der Waals surface area (Å²) in [5.74, 6) is -2.06. The number of carbonyl (C=O) groups is 1. The molecule has 3 rings (SSSR count). The van der Waals surface area contributed by atoms with Gasteiger partial charge in [0.1, 0.15) is 16.5 Å². The molecular formula is C16H13ClFNO5S. The minimum Gasteiger partial charge on any atom is -0.497 e. The highest BCUT2D eigenvalue weighted by Gasteiger charge is 2.33. The Kier molecular flexibility index (Phi) is 4.34. The zero-order chi connectivity index (χ0) is 18.4. The van der Waals surface area contributed by atoms with Gasteiger partial charge in [-0.25, -0.2) is 17.6 Å². The first-order chi connectivity index (χ1) is 11.8. The van der Waals surface area contributed by atoms with Crippen LogP contribution < -0.4 is 9.04 Å². The Bertz CT molecular complexity index is 977. The summed E-state index contributed by atoms with van der Waals surface area (Å²) in [6.07, 6.45) is 0.469. The first-order valence-corrected chi connectivity index (χ1v) is 8.99. The Labute approximate surface area is 148 Å². The number of hydrogen-bond donors (Lipinski definition) is 1. The van der Waals surface area contributed by atoms with E-state index in [1.54, 1.807) is 18.2 Å². The summed E-state index contributed by atoms with van der Waals surface area (Å²) in [5.41, 5.74) is 0.481. The zero-order valence-electron chi connectivity index (χ0n) is 13.0. The van der Waals surface area contributed by atoms with Crippen molar-refractivity contribution in [3.8, 4) is 5.75 Å². The fraction of sp³-hybridized carbons (Fsp3) is 0.188. The van der Waals surface area contributed by atoms with Gasteiger partial charge in [-0.15, -0.1) is 0 Å². The predicted molar refractivity (Wildman–Crippen MR) is 89.6 cm³/mol. The van der Waals surface area contributed by atoms with Crippen molar-refractivity contribution in [2.75, 3.05) is 18.0 Å². The number of methoxy groups -OCH3 is 1. The van der Waals surface area contributed by atoms with Gasteiger partial charge in [-0.1, -0.05) is 11.6 Å². The predicted octanol–water partition coefficient (Wildman–Crippen LogP) is 2.94. The second-order valence-electron chi connectivity index (χ2n) is 5.39. The van der Waals surface area contributed by atoms with Gasteiger partial charge in [-0.3, -0.25) is 4.31 Å². The van der Waals surface area contributed by atoms with Gasteiger partial charge in [0.05, 0.1) is 23.4 Å². The Hall–Kier alpha value is -2.32. The smallest absolute Gasteiger partial charge is 0.338 e. The van der Waals surface area contributed by atoms with E-state index in [0.29, 0.717) is 23.9 Å². The lowest BCUT2D eigenvalue weighted by Gasteiger charge is -2.20. The zero-order valence-corrected chi connectivity index (χ0v) is 14.6. The van der Waals surface area contributed by atoms with Crippen LogP contribution in [-0.2, 0) is 16.4 Å². The molecule has 9 heteroatoms. The molecule has 2 aromatic rings.